The Morgan fingerprint density at radius 3 is 2.48 bits per heavy atom. The van der Waals surface area contributed by atoms with Crippen LogP contribution in [0.1, 0.15) is 36.5 Å². The fourth-order valence-electron chi connectivity index (χ4n) is 3.84. The summed E-state index contributed by atoms with van der Waals surface area (Å²) in [7, 11) is 3.01. The van der Waals surface area contributed by atoms with Crippen molar-refractivity contribution in [1.82, 2.24) is 18.7 Å². The van der Waals surface area contributed by atoms with Crippen LogP contribution in [0.4, 0.5) is 0 Å². The van der Waals surface area contributed by atoms with Crippen LogP contribution < -0.4 is 16.9 Å². The molecule has 3 heterocycles. The highest BCUT2D eigenvalue weighted by Gasteiger charge is 2.17. The number of fused-ring (bicyclic) bond motifs is 2. The predicted molar refractivity (Wildman–Crippen MR) is 111 cm³/mol. The number of imidazole rings is 1. The largest absolute Gasteiger partial charge is 0.423 e. The molecule has 29 heavy (non-hydrogen) atoms. The number of nitrogens with zero attached hydrogens (tertiary/aromatic N) is 4. The maximum absolute atomic E-state index is 12.7. The van der Waals surface area contributed by atoms with Gasteiger partial charge in [0.1, 0.15) is 5.58 Å². The summed E-state index contributed by atoms with van der Waals surface area (Å²) in [5, 5.41) is 0.822. The van der Waals surface area contributed by atoms with Crippen LogP contribution in [0.5, 0.6) is 0 Å². The van der Waals surface area contributed by atoms with Crippen molar-refractivity contribution in [2.24, 2.45) is 14.1 Å². The average molecular weight is 394 g/mol. The topological polar surface area (TPSA) is 92.0 Å². The van der Waals surface area contributed by atoms with Crippen molar-refractivity contribution in [1.29, 1.82) is 0 Å². The Bertz CT molecular complexity index is 1450. The van der Waals surface area contributed by atoms with Gasteiger partial charge in [0.2, 0.25) is 0 Å². The Kier molecular flexibility index (Phi) is 4.29. The maximum Gasteiger partial charge on any atom is 0.336 e. The maximum atomic E-state index is 12.7. The second-order valence-electron chi connectivity index (χ2n) is 7.70. The Balaban J connectivity index is 1.98. The van der Waals surface area contributed by atoms with E-state index < -0.39 is 16.9 Å². The smallest absolute Gasteiger partial charge is 0.336 e. The molecule has 0 saturated heterocycles. The van der Waals surface area contributed by atoms with Crippen LogP contribution in [-0.2, 0) is 20.6 Å². The molecule has 150 valence electrons. The Morgan fingerprint density at radius 1 is 1.07 bits per heavy atom. The molecule has 8 nitrogen and oxygen atoms in total. The Morgan fingerprint density at radius 2 is 1.79 bits per heavy atom. The third kappa shape index (κ3) is 2.91. The predicted octanol–water partition coefficient (Wildman–Crippen LogP) is 2.02. The third-order valence-electron chi connectivity index (χ3n) is 5.40. The van der Waals surface area contributed by atoms with Gasteiger partial charge in [-0.3, -0.25) is 13.9 Å². The van der Waals surface area contributed by atoms with Crippen molar-refractivity contribution in [3.05, 3.63) is 72.5 Å². The van der Waals surface area contributed by atoms with Crippen LogP contribution in [0, 0.1) is 6.92 Å². The van der Waals surface area contributed by atoms with Crippen LogP contribution >= 0.6 is 0 Å². The molecule has 0 atom stereocenters. The summed E-state index contributed by atoms with van der Waals surface area (Å²) >= 11 is 0. The Hall–Kier alpha value is -3.42. The fourth-order valence-corrected chi connectivity index (χ4v) is 3.84. The van der Waals surface area contributed by atoms with Gasteiger partial charge in [-0.1, -0.05) is 13.8 Å². The van der Waals surface area contributed by atoms with Gasteiger partial charge in [-0.25, -0.2) is 14.6 Å². The van der Waals surface area contributed by atoms with E-state index in [0.717, 1.165) is 21.1 Å². The van der Waals surface area contributed by atoms with Crippen LogP contribution in [0.25, 0.3) is 22.1 Å². The van der Waals surface area contributed by atoms with Gasteiger partial charge in [-0.05, 0) is 41.7 Å². The third-order valence-corrected chi connectivity index (χ3v) is 5.40. The van der Waals surface area contributed by atoms with Crippen molar-refractivity contribution in [2.45, 2.75) is 33.2 Å². The number of aromatic nitrogens is 4. The highest BCUT2D eigenvalue weighted by atomic mass is 16.4. The monoisotopic (exact) mass is 394 g/mol. The second-order valence-corrected chi connectivity index (χ2v) is 7.70. The summed E-state index contributed by atoms with van der Waals surface area (Å²) in [5.41, 5.74) is 2.78. The summed E-state index contributed by atoms with van der Waals surface area (Å²) in [6.07, 6.45) is 1.52. The van der Waals surface area contributed by atoms with E-state index in [1.54, 1.807) is 11.6 Å². The Labute approximate surface area is 165 Å². The van der Waals surface area contributed by atoms with E-state index in [1.165, 1.54) is 29.6 Å². The van der Waals surface area contributed by atoms with Gasteiger partial charge in [0, 0.05) is 25.5 Å². The molecule has 4 aromatic rings. The molecule has 8 heteroatoms. The molecule has 1 aromatic carbocycles. The zero-order valence-electron chi connectivity index (χ0n) is 17.0. The number of benzene rings is 1. The first kappa shape index (κ1) is 18.9. The summed E-state index contributed by atoms with van der Waals surface area (Å²) in [6, 6.07) is 5.37. The first-order valence-corrected chi connectivity index (χ1v) is 9.37. The van der Waals surface area contributed by atoms with Gasteiger partial charge < -0.3 is 8.98 Å². The van der Waals surface area contributed by atoms with E-state index in [-0.39, 0.29) is 6.54 Å². The van der Waals surface area contributed by atoms with Gasteiger partial charge in [-0.2, -0.15) is 0 Å². The molecule has 0 amide bonds. The molecule has 0 radical (unpaired) electrons. The zero-order valence-corrected chi connectivity index (χ0v) is 17.0. The average Bonchev–Trinajstić information content (AvgIpc) is 3.07. The van der Waals surface area contributed by atoms with E-state index in [1.807, 2.05) is 19.1 Å². The molecule has 4 rings (SSSR count). The summed E-state index contributed by atoms with van der Waals surface area (Å²) < 4.78 is 9.47. The summed E-state index contributed by atoms with van der Waals surface area (Å²) in [5.74, 6) is 0.315. The molecule has 0 aliphatic heterocycles. The van der Waals surface area contributed by atoms with Crippen LogP contribution in [0.2, 0.25) is 0 Å². The number of hydrogen-bond donors (Lipinski definition) is 0. The molecule has 0 N–H and O–H groups in total. The van der Waals surface area contributed by atoms with Crippen LogP contribution in [0.3, 0.4) is 0 Å². The van der Waals surface area contributed by atoms with Crippen LogP contribution in [-0.4, -0.2) is 18.7 Å². The lowest BCUT2D eigenvalue weighted by Gasteiger charge is -2.13. The lowest BCUT2D eigenvalue weighted by Crippen LogP contribution is -2.37. The molecule has 0 aliphatic rings. The van der Waals surface area contributed by atoms with Gasteiger partial charge in [0.25, 0.3) is 5.56 Å². The molecule has 0 saturated carbocycles. The van der Waals surface area contributed by atoms with E-state index in [2.05, 4.69) is 18.8 Å². The molecule has 0 aliphatic carbocycles. The SMILES string of the molecule is Cc1cc2oc(=O)cc(Cn3cnc4c3c(=O)n(C)c(=O)n4C)c2cc1C(C)C. The van der Waals surface area contributed by atoms with Gasteiger partial charge in [0.15, 0.2) is 11.2 Å². The van der Waals surface area contributed by atoms with Crippen molar-refractivity contribution in [2.75, 3.05) is 0 Å². The zero-order chi connectivity index (χ0) is 21.0. The minimum Gasteiger partial charge on any atom is -0.423 e. The van der Waals surface area contributed by atoms with Crippen molar-refractivity contribution < 1.29 is 4.42 Å². The lowest BCUT2D eigenvalue weighted by molar-refractivity contribution is 0.557. The van der Waals surface area contributed by atoms with Gasteiger partial charge in [0.05, 0.1) is 12.9 Å². The lowest BCUT2D eigenvalue weighted by atomic mass is 9.95. The highest BCUT2D eigenvalue weighted by molar-refractivity contribution is 5.82. The number of hydrogen-bond acceptors (Lipinski definition) is 5. The minimum absolute atomic E-state index is 0.257. The van der Waals surface area contributed by atoms with E-state index >= 15 is 0 Å². The van der Waals surface area contributed by atoms with E-state index in [0.29, 0.717) is 22.7 Å². The molecule has 3 aromatic heterocycles. The van der Waals surface area contributed by atoms with Crippen molar-refractivity contribution >= 4 is 22.1 Å². The summed E-state index contributed by atoms with van der Waals surface area (Å²) in [4.78, 5) is 41.2. The van der Waals surface area contributed by atoms with Crippen LogP contribution in [0.15, 0.2) is 43.3 Å². The first-order chi connectivity index (χ1) is 13.7. The molecule has 0 bridgehead atoms. The van der Waals surface area contributed by atoms with Gasteiger partial charge in [-0.15, -0.1) is 0 Å². The number of rotatable bonds is 3. The molecule has 0 unspecified atom stereocenters. The number of aryl methyl sites for hydroxylation is 2. The fraction of sp³-hybridized carbons (Fsp3) is 0.333. The quantitative estimate of drug-likeness (QED) is 0.496. The molecular weight excluding hydrogens is 372 g/mol. The molecular formula is C21H22N4O4. The van der Waals surface area contributed by atoms with Crippen molar-refractivity contribution in [3.63, 3.8) is 0 Å². The summed E-state index contributed by atoms with van der Waals surface area (Å²) in [6.45, 7) is 6.47. The normalized spacial score (nSPS) is 11.8. The standard InChI is InChI=1S/C21H22N4O4/c1-11(2)14-8-15-13(7-17(26)29-16(15)6-12(14)3)9-25-10-22-19-18(25)20(27)24(5)21(28)23(19)4/h6-8,10-11H,9H2,1-5H3. The van der Waals surface area contributed by atoms with Gasteiger partial charge >= 0.3 is 11.3 Å². The highest BCUT2D eigenvalue weighted by Crippen LogP contribution is 2.27. The second kappa shape index (κ2) is 6.58. The first-order valence-electron chi connectivity index (χ1n) is 9.37. The van der Waals surface area contributed by atoms with Crippen molar-refractivity contribution in [3.8, 4) is 0 Å². The molecule has 0 fully saturated rings. The molecule has 0 spiro atoms. The van der Waals surface area contributed by atoms with E-state index in [4.69, 9.17) is 4.42 Å². The van der Waals surface area contributed by atoms with E-state index in [9.17, 15) is 14.4 Å². The minimum atomic E-state index is -0.450.